The molecule has 0 amide bonds. The lowest BCUT2D eigenvalue weighted by Crippen LogP contribution is -2.60. The molecule has 0 aromatic heterocycles. The van der Waals surface area contributed by atoms with Crippen LogP contribution in [0.15, 0.2) is 0 Å². The number of nitrogens with zero attached hydrogens (tertiary/aromatic N) is 1. The van der Waals surface area contributed by atoms with Crippen molar-refractivity contribution in [2.45, 2.75) is 19.0 Å². The third-order valence-corrected chi connectivity index (χ3v) is 1.84. The predicted molar refractivity (Wildman–Crippen MR) is 36.6 cm³/mol. The molecule has 0 radical (unpaired) electrons. The lowest BCUT2D eigenvalue weighted by molar-refractivity contribution is -0.144. The highest BCUT2D eigenvalue weighted by atomic mass is 16.4. The highest BCUT2D eigenvalue weighted by Crippen LogP contribution is 2.09. The van der Waals surface area contributed by atoms with Gasteiger partial charge in [-0.15, -0.1) is 0 Å². The largest absolute Gasteiger partial charge is 0.480 e. The molecule has 4 nitrogen and oxygen atoms in total. The average Bonchev–Trinajstić information content (AvgIpc) is 1.79. The van der Waals surface area contributed by atoms with E-state index in [-0.39, 0.29) is 12.1 Å². The summed E-state index contributed by atoms with van der Waals surface area (Å²) < 4.78 is 0. The fourth-order valence-electron chi connectivity index (χ4n) is 1.02. The lowest BCUT2D eigenvalue weighted by atomic mass is 10.1. The van der Waals surface area contributed by atoms with Gasteiger partial charge < -0.3 is 10.8 Å². The maximum absolute atomic E-state index is 10.4. The Hall–Kier alpha value is -0.610. The van der Waals surface area contributed by atoms with Gasteiger partial charge in [-0.2, -0.15) is 0 Å². The SMILES string of the molecule is CC(C(=O)O)N1CC(N)C1. The Morgan fingerprint density at radius 3 is 2.60 bits per heavy atom. The molecule has 4 heteroatoms. The second-order valence-electron chi connectivity index (χ2n) is 2.73. The number of carboxylic acid groups (broad SMARTS) is 1. The molecule has 1 aliphatic heterocycles. The van der Waals surface area contributed by atoms with E-state index in [4.69, 9.17) is 10.8 Å². The van der Waals surface area contributed by atoms with E-state index < -0.39 is 5.97 Å². The maximum Gasteiger partial charge on any atom is 0.320 e. The fourth-order valence-corrected chi connectivity index (χ4v) is 1.02. The van der Waals surface area contributed by atoms with Gasteiger partial charge in [-0.1, -0.05) is 0 Å². The van der Waals surface area contributed by atoms with Crippen LogP contribution in [0.2, 0.25) is 0 Å². The van der Waals surface area contributed by atoms with E-state index in [2.05, 4.69) is 0 Å². The van der Waals surface area contributed by atoms with Crippen molar-refractivity contribution in [3.8, 4) is 0 Å². The van der Waals surface area contributed by atoms with Crippen molar-refractivity contribution in [3.63, 3.8) is 0 Å². The molecule has 0 saturated carbocycles. The summed E-state index contributed by atoms with van der Waals surface area (Å²) in [4.78, 5) is 12.2. The quantitative estimate of drug-likeness (QED) is 0.527. The van der Waals surface area contributed by atoms with Gasteiger partial charge in [0.2, 0.25) is 0 Å². The van der Waals surface area contributed by atoms with Crippen molar-refractivity contribution in [1.29, 1.82) is 0 Å². The summed E-state index contributed by atoms with van der Waals surface area (Å²) in [6.07, 6.45) is 0. The Balaban J connectivity index is 2.31. The molecule has 1 rings (SSSR count). The molecule has 0 aromatic rings. The number of rotatable bonds is 2. The number of aliphatic carboxylic acids is 1. The van der Waals surface area contributed by atoms with Gasteiger partial charge in [-0.25, -0.2) is 0 Å². The van der Waals surface area contributed by atoms with Gasteiger partial charge in [0.25, 0.3) is 0 Å². The summed E-state index contributed by atoms with van der Waals surface area (Å²) >= 11 is 0. The molecule has 0 bridgehead atoms. The van der Waals surface area contributed by atoms with Crippen molar-refractivity contribution in [1.82, 2.24) is 4.90 Å². The van der Waals surface area contributed by atoms with Crippen molar-refractivity contribution < 1.29 is 9.90 Å². The second-order valence-corrected chi connectivity index (χ2v) is 2.73. The van der Waals surface area contributed by atoms with E-state index in [1.54, 1.807) is 6.92 Å². The van der Waals surface area contributed by atoms with Crippen molar-refractivity contribution in [2.24, 2.45) is 5.73 Å². The summed E-state index contributed by atoms with van der Waals surface area (Å²) in [7, 11) is 0. The van der Waals surface area contributed by atoms with Crippen LogP contribution in [0.5, 0.6) is 0 Å². The maximum atomic E-state index is 10.4. The van der Waals surface area contributed by atoms with Crippen molar-refractivity contribution in [2.75, 3.05) is 13.1 Å². The summed E-state index contributed by atoms with van der Waals surface area (Å²) in [6, 6.07) is -0.193. The monoisotopic (exact) mass is 144 g/mol. The number of hydrogen-bond acceptors (Lipinski definition) is 3. The Morgan fingerprint density at radius 1 is 1.80 bits per heavy atom. The standard InChI is InChI=1S/C6H12N2O2/c1-4(6(9)10)8-2-5(7)3-8/h4-5H,2-3,7H2,1H3,(H,9,10). The second kappa shape index (κ2) is 2.56. The summed E-state index contributed by atoms with van der Waals surface area (Å²) in [5, 5.41) is 8.52. The number of carboxylic acids is 1. The molecule has 10 heavy (non-hydrogen) atoms. The van der Waals surface area contributed by atoms with Gasteiger partial charge in [-0.05, 0) is 6.92 Å². The molecule has 1 fully saturated rings. The summed E-state index contributed by atoms with van der Waals surface area (Å²) in [5.41, 5.74) is 5.47. The van der Waals surface area contributed by atoms with Crippen LogP contribution in [0.1, 0.15) is 6.92 Å². The first-order valence-electron chi connectivity index (χ1n) is 3.33. The van der Waals surface area contributed by atoms with Crippen LogP contribution in [0.3, 0.4) is 0 Å². The first-order valence-corrected chi connectivity index (χ1v) is 3.33. The molecular weight excluding hydrogens is 132 g/mol. The minimum absolute atomic E-state index is 0.182. The molecule has 3 N–H and O–H groups in total. The van der Waals surface area contributed by atoms with Crippen molar-refractivity contribution in [3.05, 3.63) is 0 Å². The smallest absolute Gasteiger partial charge is 0.320 e. The summed E-state index contributed by atoms with van der Waals surface area (Å²) in [5.74, 6) is -0.771. The Bertz CT molecular complexity index is 143. The van der Waals surface area contributed by atoms with Gasteiger partial charge >= 0.3 is 5.97 Å². The van der Waals surface area contributed by atoms with Gasteiger partial charge in [0.05, 0.1) is 0 Å². The molecule has 0 aliphatic carbocycles. The minimum Gasteiger partial charge on any atom is -0.480 e. The van der Waals surface area contributed by atoms with E-state index >= 15 is 0 Å². The van der Waals surface area contributed by atoms with Gasteiger partial charge in [0.1, 0.15) is 6.04 Å². The number of nitrogens with two attached hydrogens (primary N) is 1. The zero-order chi connectivity index (χ0) is 7.72. The zero-order valence-electron chi connectivity index (χ0n) is 5.95. The number of carbonyl (C=O) groups is 1. The number of likely N-dealkylation sites (tertiary alicyclic amines) is 1. The molecule has 58 valence electrons. The van der Waals surface area contributed by atoms with Crippen LogP contribution in [0, 0.1) is 0 Å². The summed E-state index contributed by atoms with van der Waals surface area (Å²) in [6.45, 7) is 3.11. The Morgan fingerprint density at radius 2 is 2.30 bits per heavy atom. The molecule has 1 atom stereocenters. The van der Waals surface area contributed by atoms with E-state index in [0.29, 0.717) is 13.1 Å². The van der Waals surface area contributed by atoms with Gasteiger partial charge in [-0.3, -0.25) is 9.69 Å². The Kier molecular flexibility index (Phi) is 1.92. The van der Waals surface area contributed by atoms with Crippen LogP contribution in [-0.2, 0) is 4.79 Å². The van der Waals surface area contributed by atoms with E-state index in [9.17, 15) is 4.79 Å². The molecular formula is C6H12N2O2. The van der Waals surface area contributed by atoms with Gasteiger partial charge in [0.15, 0.2) is 0 Å². The van der Waals surface area contributed by atoms with E-state index in [1.165, 1.54) is 0 Å². The molecule has 0 spiro atoms. The zero-order valence-corrected chi connectivity index (χ0v) is 5.95. The Labute approximate surface area is 59.6 Å². The first-order chi connectivity index (χ1) is 4.61. The fraction of sp³-hybridized carbons (Fsp3) is 0.833. The third kappa shape index (κ3) is 1.27. The average molecular weight is 144 g/mol. The third-order valence-electron chi connectivity index (χ3n) is 1.84. The van der Waals surface area contributed by atoms with Crippen molar-refractivity contribution >= 4 is 5.97 Å². The molecule has 1 heterocycles. The lowest BCUT2D eigenvalue weighted by Gasteiger charge is -2.39. The first kappa shape index (κ1) is 7.50. The molecule has 1 unspecified atom stereocenters. The molecule has 0 aromatic carbocycles. The predicted octanol–water partition coefficient (Wildman–Crippen LogP) is -0.898. The molecule has 1 saturated heterocycles. The van der Waals surface area contributed by atoms with Gasteiger partial charge in [0, 0.05) is 19.1 Å². The highest BCUT2D eigenvalue weighted by Gasteiger charge is 2.30. The van der Waals surface area contributed by atoms with Crippen LogP contribution in [0.4, 0.5) is 0 Å². The van der Waals surface area contributed by atoms with E-state index in [1.807, 2.05) is 4.90 Å². The van der Waals surface area contributed by atoms with E-state index in [0.717, 1.165) is 0 Å². The highest BCUT2D eigenvalue weighted by molar-refractivity contribution is 5.73. The normalized spacial score (nSPS) is 23.8. The topological polar surface area (TPSA) is 66.6 Å². The minimum atomic E-state index is -0.771. The van der Waals surface area contributed by atoms with Crippen LogP contribution < -0.4 is 5.73 Å². The van der Waals surface area contributed by atoms with Crippen LogP contribution in [-0.4, -0.2) is 41.1 Å². The number of hydrogen-bond donors (Lipinski definition) is 2. The van der Waals surface area contributed by atoms with Crippen LogP contribution in [0.25, 0.3) is 0 Å². The molecule has 1 aliphatic rings. The van der Waals surface area contributed by atoms with Crippen LogP contribution >= 0.6 is 0 Å².